The Hall–Kier alpha value is -0.260. The smallest absolute Gasteiger partial charge is 0.0200 e. The molecule has 0 aromatic heterocycles. The van der Waals surface area contributed by atoms with Gasteiger partial charge in [0.1, 0.15) is 0 Å². The van der Waals surface area contributed by atoms with Crippen molar-refractivity contribution in [1.82, 2.24) is 0 Å². The largest absolute Gasteiger partial charge is 0.0879 e. The summed E-state index contributed by atoms with van der Waals surface area (Å²) in [4.78, 5) is 0. The quantitative estimate of drug-likeness (QED) is 0.547. The average molecular weight is 234 g/mol. The zero-order chi connectivity index (χ0) is 12.3. The lowest BCUT2D eigenvalue weighted by atomic mass is 9.70. The Bertz CT molecular complexity index is 223. The highest BCUT2D eigenvalue weighted by Crippen LogP contribution is 2.41. The first-order valence-electron chi connectivity index (χ1n) is 7.86. The number of hydrogen-bond acceptors (Lipinski definition) is 0. The number of hydrogen-bond donors (Lipinski definition) is 0. The van der Waals surface area contributed by atoms with E-state index in [4.69, 9.17) is 0 Å². The summed E-state index contributed by atoms with van der Waals surface area (Å²) in [6.07, 6.45) is 14.2. The monoisotopic (exact) mass is 234 g/mol. The lowest BCUT2D eigenvalue weighted by molar-refractivity contribution is 0.263. The highest BCUT2D eigenvalue weighted by Gasteiger charge is 2.28. The van der Waals surface area contributed by atoms with Crippen molar-refractivity contribution in [2.45, 2.75) is 72.1 Å². The maximum atomic E-state index is 2.47. The zero-order valence-corrected chi connectivity index (χ0v) is 12.0. The molecule has 0 aromatic rings. The van der Waals surface area contributed by atoms with Gasteiger partial charge >= 0.3 is 0 Å². The Morgan fingerprint density at radius 3 is 1.35 bits per heavy atom. The molecule has 0 N–H and O–H groups in total. The topological polar surface area (TPSA) is 0 Å². The third kappa shape index (κ3) is 3.36. The molecule has 2 aliphatic carbocycles. The van der Waals surface area contributed by atoms with Crippen molar-refractivity contribution in [3.05, 3.63) is 11.6 Å². The maximum absolute atomic E-state index is 2.47. The van der Waals surface area contributed by atoms with Crippen LogP contribution in [0.15, 0.2) is 11.6 Å². The first-order valence-corrected chi connectivity index (χ1v) is 7.86. The molecule has 0 saturated heterocycles. The van der Waals surface area contributed by atoms with E-state index in [9.17, 15) is 0 Å². The molecule has 0 radical (unpaired) electrons. The van der Waals surface area contributed by atoms with Gasteiger partial charge < -0.3 is 0 Å². The predicted octanol–water partition coefficient (Wildman–Crippen LogP) is 5.59. The second kappa shape index (κ2) is 6.07. The van der Waals surface area contributed by atoms with Gasteiger partial charge in [0.15, 0.2) is 0 Å². The fourth-order valence-corrected chi connectivity index (χ4v) is 3.99. The Kier molecular flexibility index (Phi) is 4.70. The van der Waals surface area contributed by atoms with Gasteiger partial charge in [-0.15, -0.1) is 0 Å². The summed E-state index contributed by atoms with van der Waals surface area (Å²) in [5.74, 6) is 3.84. The van der Waals surface area contributed by atoms with E-state index in [1.807, 2.05) is 5.57 Å². The van der Waals surface area contributed by atoms with Crippen molar-refractivity contribution in [2.75, 3.05) is 0 Å². The van der Waals surface area contributed by atoms with Crippen molar-refractivity contribution in [3.8, 4) is 0 Å². The van der Waals surface area contributed by atoms with Gasteiger partial charge in [-0.3, -0.25) is 0 Å². The molecule has 0 heterocycles. The van der Waals surface area contributed by atoms with Crippen LogP contribution >= 0.6 is 0 Å². The first-order chi connectivity index (χ1) is 8.20. The molecular weight excluding hydrogens is 204 g/mol. The Balaban J connectivity index is 1.92. The average Bonchev–Trinajstić information content (AvgIpc) is 2.35. The van der Waals surface area contributed by atoms with Crippen LogP contribution in [-0.2, 0) is 0 Å². The molecule has 0 bridgehead atoms. The van der Waals surface area contributed by atoms with Gasteiger partial charge in [-0.1, -0.05) is 51.2 Å². The minimum atomic E-state index is 0.939. The first kappa shape index (κ1) is 13.2. The Labute approximate surface area is 108 Å². The SMILES string of the molecule is CC=C(C1CCC(C)CC1)C1CCC(C)CC1. The molecule has 2 aliphatic rings. The third-order valence-corrected chi connectivity index (χ3v) is 5.31. The molecule has 0 unspecified atom stereocenters. The van der Waals surface area contributed by atoms with Gasteiger partial charge in [-0.05, 0) is 56.3 Å². The standard InChI is InChI=1S/C17H30/c1-4-17(15-9-5-13(2)6-10-15)16-11-7-14(3)8-12-16/h4,13-16H,5-12H2,1-3H3. The lowest BCUT2D eigenvalue weighted by Crippen LogP contribution is -2.22. The summed E-state index contributed by atoms with van der Waals surface area (Å²) in [6, 6.07) is 0. The van der Waals surface area contributed by atoms with Crippen LogP contribution in [0.3, 0.4) is 0 Å². The molecule has 17 heavy (non-hydrogen) atoms. The highest BCUT2D eigenvalue weighted by molar-refractivity contribution is 5.12. The second-order valence-electron chi connectivity index (χ2n) is 6.70. The van der Waals surface area contributed by atoms with E-state index in [1.54, 1.807) is 0 Å². The van der Waals surface area contributed by atoms with Crippen LogP contribution < -0.4 is 0 Å². The van der Waals surface area contributed by atoms with Crippen molar-refractivity contribution in [1.29, 1.82) is 0 Å². The molecule has 0 nitrogen and oxygen atoms in total. The van der Waals surface area contributed by atoms with Crippen LogP contribution in [0, 0.1) is 23.7 Å². The van der Waals surface area contributed by atoms with Gasteiger partial charge in [0, 0.05) is 0 Å². The van der Waals surface area contributed by atoms with E-state index < -0.39 is 0 Å². The van der Waals surface area contributed by atoms with Crippen LogP contribution in [0.25, 0.3) is 0 Å². The number of rotatable bonds is 2. The molecule has 0 aliphatic heterocycles. The summed E-state index contributed by atoms with van der Waals surface area (Å²) in [5, 5.41) is 0. The minimum Gasteiger partial charge on any atom is -0.0879 e. The van der Waals surface area contributed by atoms with E-state index in [-0.39, 0.29) is 0 Å². The molecular formula is C17H30. The van der Waals surface area contributed by atoms with E-state index in [0.717, 1.165) is 23.7 Å². The molecule has 2 rings (SSSR count). The van der Waals surface area contributed by atoms with Crippen LogP contribution in [0.1, 0.15) is 72.1 Å². The normalized spacial score (nSPS) is 38.8. The van der Waals surface area contributed by atoms with Gasteiger partial charge in [0.25, 0.3) is 0 Å². The summed E-state index contributed by atoms with van der Waals surface area (Å²) in [5.41, 5.74) is 1.84. The highest BCUT2D eigenvalue weighted by atomic mass is 14.3. The molecule has 98 valence electrons. The van der Waals surface area contributed by atoms with Gasteiger partial charge in [0.2, 0.25) is 0 Å². The second-order valence-corrected chi connectivity index (χ2v) is 6.70. The molecule has 0 atom stereocenters. The maximum Gasteiger partial charge on any atom is -0.0200 e. The molecule has 0 amide bonds. The van der Waals surface area contributed by atoms with Crippen molar-refractivity contribution >= 4 is 0 Å². The number of allylic oxidation sites excluding steroid dienone is 2. The zero-order valence-electron chi connectivity index (χ0n) is 12.0. The van der Waals surface area contributed by atoms with Gasteiger partial charge in [-0.25, -0.2) is 0 Å². The van der Waals surface area contributed by atoms with Crippen molar-refractivity contribution < 1.29 is 0 Å². The Morgan fingerprint density at radius 1 is 0.706 bits per heavy atom. The van der Waals surface area contributed by atoms with Crippen molar-refractivity contribution in [2.24, 2.45) is 23.7 Å². The van der Waals surface area contributed by atoms with Crippen LogP contribution in [0.5, 0.6) is 0 Å². The predicted molar refractivity (Wildman–Crippen MR) is 76.0 cm³/mol. The van der Waals surface area contributed by atoms with Gasteiger partial charge in [-0.2, -0.15) is 0 Å². The fourth-order valence-electron chi connectivity index (χ4n) is 3.99. The molecule has 0 aromatic carbocycles. The van der Waals surface area contributed by atoms with Crippen LogP contribution in [0.4, 0.5) is 0 Å². The molecule has 0 heteroatoms. The molecule has 2 fully saturated rings. The fraction of sp³-hybridized carbons (Fsp3) is 0.882. The summed E-state index contributed by atoms with van der Waals surface area (Å²) in [6.45, 7) is 7.13. The third-order valence-electron chi connectivity index (χ3n) is 5.31. The molecule has 2 saturated carbocycles. The van der Waals surface area contributed by atoms with Crippen LogP contribution in [-0.4, -0.2) is 0 Å². The summed E-state index contributed by atoms with van der Waals surface area (Å²) >= 11 is 0. The lowest BCUT2D eigenvalue weighted by Gasteiger charge is -2.35. The van der Waals surface area contributed by atoms with E-state index >= 15 is 0 Å². The molecule has 0 spiro atoms. The van der Waals surface area contributed by atoms with Gasteiger partial charge in [0.05, 0.1) is 0 Å². The summed E-state index contributed by atoms with van der Waals surface area (Å²) in [7, 11) is 0. The Morgan fingerprint density at radius 2 is 1.06 bits per heavy atom. The van der Waals surface area contributed by atoms with E-state index in [1.165, 1.54) is 51.4 Å². The minimum absolute atomic E-state index is 0.939. The summed E-state index contributed by atoms with van der Waals surface area (Å²) < 4.78 is 0. The van der Waals surface area contributed by atoms with Crippen molar-refractivity contribution in [3.63, 3.8) is 0 Å². The van der Waals surface area contributed by atoms with E-state index in [0.29, 0.717) is 0 Å². The van der Waals surface area contributed by atoms with Crippen LogP contribution in [0.2, 0.25) is 0 Å². The van der Waals surface area contributed by atoms with E-state index in [2.05, 4.69) is 26.8 Å².